The van der Waals surface area contributed by atoms with E-state index in [1.54, 1.807) is 0 Å². The van der Waals surface area contributed by atoms with Gasteiger partial charge in [-0.25, -0.2) is 0 Å². The highest BCUT2D eigenvalue weighted by Gasteiger charge is 2.18. The molecule has 0 spiro atoms. The minimum Gasteiger partial charge on any atom is -0.309 e. The van der Waals surface area contributed by atoms with Gasteiger partial charge in [0.25, 0.3) is 0 Å². The van der Waals surface area contributed by atoms with E-state index in [2.05, 4.69) is 53.1 Å². The van der Waals surface area contributed by atoms with E-state index in [0.717, 1.165) is 48.4 Å². The van der Waals surface area contributed by atoms with Crippen molar-refractivity contribution >= 4 is 64.1 Å². The predicted molar refractivity (Wildman–Crippen MR) is 131 cm³/mol. The van der Waals surface area contributed by atoms with Gasteiger partial charge in [-0.15, -0.1) is 11.3 Å². The summed E-state index contributed by atoms with van der Waals surface area (Å²) < 4.78 is 37.3. The van der Waals surface area contributed by atoms with Crippen molar-refractivity contribution in [1.82, 2.24) is 4.57 Å². The average molecular weight is 404 g/mol. The Morgan fingerprint density at radius 1 is 0.633 bits per heavy atom. The first-order chi connectivity index (χ1) is 16.6. The fraction of sp³-hybridized carbons (Fsp3) is 0. The maximum absolute atomic E-state index is 8.58. The molecule has 0 amide bonds. The minimum atomic E-state index is -0.186. The van der Waals surface area contributed by atoms with E-state index in [4.69, 9.17) is 5.48 Å². The highest BCUT2D eigenvalue weighted by atomic mass is 32.1. The third-order valence-corrected chi connectivity index (χ3v) is 7.05. The van der Waals surface area contributed by atoms with Gasteiger partial charge >= 0.3 is 0 Å². The lowest BCUT2D eigenvalue weighted by Crippen LogP contribution is -1.92. The van der Waals surface area contributed by atoms with E-state index in [-0.39, 0.29) is 24.2 Å². The Bertz CT molecular complexity index is 1950. The van der Waals surface area contributed by atoms with Crippen LogP contribution in [0.1, 0.15) is 5.48 Å². The van der Waals surface area contributed by atoms with Crippen molar-refractivity contribution in [2.45, 2.75) is 0 Å². The lowest BCUT2D eigenvalue weighted by atomic mass is 10.0. The summed E-state index contributed by atoms with van der Waals surface area (Å²) in [6.07, 6.45) is 0. The molecular weight excluding hydrogens is 382 g/mol. The summed E-state index contributed by atoms with van der Waals surface area (Å²) in [5, 5.41) is 6.03. The van der Waals surface area contributed by atoms with Gasteiger partial charge in [-0.3, -0.25) is 0 Å². The molecule has 0 unspecified atom stereocenters. The topological polar surface area (TPSA) is 4.93 Å². The Kier molecular flexibility index (Phi) is 2.54. The quantitative estimate of drug-likeness (QED) is 0.260. The van der Waals surface area contributed by atoms with E-state index in [1.165, 1.54) is 11.3 Å². The van der Waals surface area contributed by atoms with Crippen LogP contribution >= 0.6 is 11.3 Å². The predicted octanol–water partition coefficient (Wildman–Crippen LogP) is 8.30. The molecule has 2 heteroatoms. The fourth-order valence-corrected chi connectivity index (χ4v) is 5.82. The van der Waals surface area contributed by atoms with E-state index < -0.39 is 0 Å². The monoisotopic (exact) mass is 403 g/mol. The number of para-hydroxylation sites is 1. The summed E-state index contributed by atoms with van der Waals surface area (Å²) in [4.78, 5) is 0. The molecule has 0 saturated carbocycles. The molecule has 2 heterocycles. The second-order valence-electron chi connectivity index (χ2n) is 7.49. The standard InChI is InChI=1S/C28H17NS/c1-2-9-19(10-3-1)29-23-16-14-18-8-4-5-11-20(18)26(23)27-24(29)17-15-22-21-12-6-7-13-25(21)30-28(22)27/h1-17H/i6D,7D,12D,13D. The van der Waals surface area contributed by atoms with Crippen LogP contribution in [0.5, 0.6) is 0 Å². The third kappa shape index (κ3) is 2.06. The van der Waals surface area contributed by atoms with Crippen molar-refractivity contribution in [3.8, 4) is 5.69 Å². The number of aromatic nitrogens is 1. The molecule has 30 heavy (non-hydrogen) atoms. The number of fused-ring (bicyclic) bond motifs is 9. The molecule has 0 saturated heterocycles. The summed E-state index contributed by atoms with van der Waals surface area (Å²) in [5.41, 5.74) is 3.23. The van der Waals surface area contributed by atoms with Gasteiger partial charge in [0, 0.05) is 36.6 Å². The molecule has 0 radical (unpaired) electrons. The number of hydrogen-bond donors (Lipinski definition) is 0. The number of benzene rings is 5. The first kappa shape index (κ1) is 12.8. The number of thiophene rings is 1. The van der Waals surface area contributed by atoms with Crippen molar-refractivity contribution in [2.24, 2.45) is 0 Å². The Labute approximate surface area is 183 Å². The molecule has 0 aliphatic carbocycles. The van der Waals surface area contributed by atoms with E-state index in [0.29, 0.717) is 10.1 Å². The lowest BCUT2D eigenvalue weighted by molar-refractivity contribution is 1.18. The van der Waals surface area contributed by atoms with E-state index >= 15 is 0 Å². The maximum Gasteiger partial charge on any atom is 0.0638 e. The van der Waals surface area contributed by atoms with Gasteiger partial charge in [-0.1, -0.05) is 72.7 Å². The van der Waals surface area contributed by atoms with Crippen LogP contribution < -0.4 is 0 Å². The Hall–Kier alpha value is -3.62. The summed E-state index contributed by atoms with van der Waals surface area (Å²) >= 11 is 1.46. The fourth-order valence-electron chi connectivity index (χ4n) is 4.67. The van der Waals surface area contributed by atoms with Gasteiger partial charge in [-0.2, -0.15) is 0 Å². The molecule has 7 rings (SSSR count). The number of nitrogens with zero attached hydrogens (tertiary/aromatic N) is 1. The van der Waals surface area contributed by atoms with Crippen molar-refractivity contribution in [1.29, 1.82) is 0 Å². The minimum absolute atomic E-state index is 0.0262. The van der Waals surface area contributed by atoms with Crippen LogP contribution in [0.3, 0.4) is 0 Å². The molecule has 5 aromatic carbocycles. The van der Waals surface area contributed by atoms with Crippen molar-refractivity contribution in [2.75, 3.05) is 0 Å². The molecule has 7 aromatic rings. The van der Waals surface area contributed by atoms with Gasteiger partial charge < -0.3 is 4.57 Å². The third-order valence-electron chi connectivity index (χ3n) is 5.92. The first-order valence-corrected chi connectivity index (χ1v) is 10.7. The molecule has 0 fully saturated rings. The first-order valence-electron chi connectivity index (χ1n) is 11.9. The van der Waals surface area contributed by atoms with Gasteiger partial charge in [-0.05, 0) is 41.1 Å². The molecular formula is C28H17NS. The van der Waals surface area contributed by atoms with E-state index in [1.807, 2.05) is 30.3 Å². The normalized spacial score (nSPS) is 13.9. The van der Waals surface area contributed by atoms with Crippen LogP contribution in [0.2, 0.25) is 0 Å². The summed E-state index contributed by atoms with van der Waals surface area (Å²) in [5.74, 6) is 0. The highest BCUT2D eigenvalue weighted by Crippen LogP contribution is 2.44. The molecule has 140 valence electrons. The molecule has 0 N–H and O–H groups in total. The smallest absolute Gasteiger partial charge is 0.0638 e. The second kappa shape index (κ2) is 5.94. The van der Waals surface area contributed by atoms with Gasteiger partial charge in [0.05, 0.1) is 16.5 Å². The second-order valence-corrected chi connectivity index (χ2v) is 8.51. The SMILES string of the molecule is [2H]c1c([2H])c([2H])c2c(sc3c2ccc2c3c3c4ccccc4ccc3n2-c2ccccc2)c1[2H]. The summed E-state index contributed by atoms with van der Waals surface area (Å²) in [7, 11) is 0. The molecule has 0 bridgehead atoms. The van der Waals surface area contributed by atoms with Gasteiger partial charge in [0.1, 0.15) is 0 Å². The van der Waals surface area contributed by atoms with E-state index in [9.17, 15) is 0 Å². The average Bonchev–Trinajstić information content (AvgIpc) is 3.43. The Morgan fingerprint density at radius 2 is 1.40 bits per heavy atom. The van der Waals surface area contributed by atoms with Gasteiger partial charge in [0.2, 0.25) is 0 Å². The molecule has 0 atom stereocenters. The Morgan fingerprint density at radius 3 is 2.33 bits per heavy atom. The van der Waals surface area contributed by atoms with Crippen LogP contribution in [0.25, 0.3) is 58.4 Å². The maximum atomic E-state index is 8.58. The number of rotatable bonds is 1. The van der Waals surface area contributed by atoms with Crippen LogP contribution in [0, 0.1) is 0 Å². The largest absolute Gasteiger partial charge is 0.309 e. The molecule has 0 aliphatic heterocycles. The molecule has 0 aliphatic rings. The summed E-state index contributed by atoms with van der Waals surface area (Å²) in [6, 6.07) is 26.8. The highest BCUT2D eigenvalue weighted by molar-refractivity contribution is 7.26. The van der Waals surface area contributed by atoms with Crippen LogP contribution in [-0.2, 0) is 0 Å². The Balaban J connectivity index is 1.80. The van der Waals surface area contributed by atoms with Crippen molar-refractivity contribution in [3.63, 3.8) is 0 Å². The van der Waals surface area contributed by atoms with Crippen LogP contribution in [0.15, 0.2) is 103 Å². The zero-order valence-electron chi connectivity index (χ0n) is 19.9. The molecule has 1 nitrogen and oxygen atoms in total. The summed E-state index contributed by atoms with van der Waals surface area (Å²) in [6.45, 7) is 0. The lowest BCUT2D eigenvalue weighted by Gasteiger charge is -2.08. The molecule has 2 aromatic heterocycles. The van der Waals surface area contributed by atoms with Crippen LogP contribution in [0.4, 0.5) is 0 Å². The van der Waals surface area contributed by atoms with Crippen molar-refractivity contribution < 1.29 is 5.48 Å². The zero-order chi connectivity index (χ0) is 23.1. The number of hydrogen-bond acceptors (Lipinski definition) is 1. The van der Waals surface area contributed by atoms with Crippen LogP contribution in [-0.4, -0.2) is 4.57 Å². The van der Waals surface area contributed by atoms with Crippen molar-refractivity contribution in [3.05, 3.63) is 103 Å². The zero-order valence-corrected chi connectivity index (χ0v) is 16.7. The van der Waals surface area contributed by atoms with Gasteiger partial charge in [0.15, 0.2) is 0 Å².